The Hall–Kier alpha value is -0.630. The Morgan fingerprint density at radius 2 is 2.08 bits per heavy atom. The van der Waals surface area contributed by atoms with Crippen LogP contribution in [0.2, 0.25) is 0 Å². The largest absolute Gasteiger partial charge is 0.399 e. The average molecular weight is 181 g/mol. The van der Waals surface area contributed by atoms with Crippen molar-refractivity contribution >= 4 is 17.4 Å². The molecule has 0 bridgehead atoms. The summed E-state index contributed by atoms with van der Waals surface area (Å²) in [6.07, 6.45) is 1.02. The summed E-state index contributed by atoms with van der Waals surface area (Å²) in [5.41, 5.74) is 7.96. The maximum atomic E-state index is 5.79. The molecule has 0 aromatic heterocycles. The van der Waals surface area contributed by atoms with E-state index in [1.54, 1.807) is 0 Å². The number of thioether (sulfide) groups is 1. The zero-order valence-corrected chi connectivity index (χ0v) is 8.45. The van der Waals surface area contributed by atoms with Crippen LogP contribution in [0.1, 0.15) is 19.4 Å². The van der Waals surface area contributed by atoms with Gasteiger partial charge in [0, 0.05) is 10.6 Å². The number of hydrogen-bond donors (Lipinski definition) is 1. The minimum atomic E-state index is 0.915. The van der Waals surface area contributed by atoms with Crippen LogP contribution in [0, 0.1) is 0 Å². The lowest BCUT2D eigenvalue weighted by Gasteiger charge is -2.04. The number of aryl methyl sites for hydroxylation is 1. The summed E-state index contributed by atoms with van der Waals surface area (Å²) in [5, 5.41) is 0. The van der Waals surface area contributed by atoms with E-state index < -0.39 is 0 Å². The summed E-state index contributed by atoms with van der Waals surface area (Å²) in [4.78, 5) is 1.32. The Balaban J connectivity index is 2.89. The highest BCUT2D eigenvalue weighted by atomic mass is 32.2. The van der Waals surface area contributed by atoms with E-state index in [1.807, 2.05) is 17.8 Å². The third-order valence-electron chi connectivity index (χ3n) is 1.81. The van der Waals surface area contributed by atoms with Gasteiger partial charge >= 0.3 is 0 Å². The molecule has 1 aromatic carbocycles. The first-order valence-corrected chi connectivity index (χ1v) is 5.27. The van der Waals surface area contributed by atoms with Crippen molar-refractivity contribution in [3.8, 4) is 0 Å². The van der Waals surface area contributed by atoms with Gasteiger partial charge in [-0.3, -0.25) is 0 Å². The minimum absolute atomic E-state index is 0.915. The molecule has 0 atom stereocenters. The van der Waals surface area contributed by atoms with E-state index in [2.05, 4.69) is 26.0 Å². The van der Waals surface area contributed by atoms with Crippen molar-refractivity contribution < 1.29 is 0 Å². The zero-order valence-electron chi connectivity index (χ0n) is 7.63. The third-order valence-corrected chi connectivity index (χ3v) is 2.68. The van der Waals surface area contributed by atoms with Gasteiger partial charge in [0.15, 0.2) is 0 Å². The predicted octanol–water partition coefficient (Wildman–Crippen LogP) is 2.94. The molecule has 2 heteroatoms. The summed E-state index contributed by atoms with van der Waals surface area (Å²) in [6.45, 7) is 4.29. The molecule has 0 radical (unpaired) electrons. The Morgan fingerprint density at radius 1 is 1.33 bits per heavy atom. The zero-order chi connectivity index (χ0) is 8.97. The van der Waals surface area contributed by atoms with Gasteiger partial charge in [-0.05, 0) is 35.9 Å². The molecule has 0 saturated carbocycles. The van der Waals surface area contributed by atoms with Gasteiger partial charge in [-0.2, -0.15) is 0 Å². The third kappa shape index (κ3) is 2.18. The highest BCUT2D eigenvalue weighted by molar-refractivity contribution is 7.99. The van der Waals surface area contributed by atoms with Crippen LogP contribution in [-0.2, 0) is 6.42 Å². The van der Waals surface area contributed by atoms with Crippen molar-refractivity contribution in [2.45, 2.75) is 25.2 Å². The molecule has 0 aliphatic carbocycles. The highest BCUT2D eigenvalue weighted by Gasteiger charge is 1.98. The van der Waals surface area contributed by atoms with Crippen molar-refractivity contribution in [3.63, 3.8) is 0 Å². The lowest BCUT2D eigenvalue weighted by atomic mass is 10.1. The first-order chi connectivity index (χ1) is 5.77. The van der Waals surface area contributed by atoms with E-state index >= 15 is 0 Å². The minimum Gasteiger partial charge on any atom is -0.399 e. The first kappa shape index (κ1) is 9.46. The second kappa shape index (κ2) is 4.41. The van der Waals surface area contributed by atoms with Gasteiger partial charge in [0.1, 0.15) is 0 Å². The molecule has 1 aromatic rings. The highest BCUT2D eigenvalue weighted by Crippen LogP contribution is 2.22. The molecule has 66 valence electrons. The lowest BCUT2D eigenvalue weighted by Crippen LogP contribution is -1.92. The van der Waals surface area contributed by atoms with Gasteiger partial charge < -0.3 is 5.73 Å². The maximum absolute atomic E-state index is 5.79. The van der Waals surface area contributed by atoms with Crippen molar-refractivity contribution in [2.75, 3.05) is 11.5 Å². The summed E-state index contributed by atoms with van der Waals surface area (Å²) < 4.78 is 0. The van der Waals surface area contributed by atoms with Crippen molar-refractivity contribution in [1.82, 2.24) is 0 Å². The Kier molecular flexibility index (Phi) is 3.48. The summed E-state index contributed by atoms with van der Waals surface area (Å²) in [5.74, 6) is 1.12. The molecule has 2 N–H and O–H groups in total. The predicted molar refractivity (Wildman–Crippen MR) is 56.6 cm³/mol. The fourth-order valence-corrected chi connectivity index (χ4v) is 1.87. The number of hydrogen-bond acceptors (Lipinski definition) is 2. The number of rotatable bonds is 3. The molecule has 0 aliphatic rings. The second-order valence-corrected chi connectivity index (χ2v) is 3.98. The molecule has 0 heterocycles. The topological polar surface area (TPSA) is 26.0 Å². The van der Waals surface area contributed by atoms with E-state index in [0.29, 0.717) is 0 Å². The molecule has 0 unspecified atom stereocenters. The van der Waals surface area contributed by atoms with Gasteiger partial charge in [0.25, 0.3) is 0 Å². The lowest BCUT2D eigenvalue weighted by molar-refractivity contribution is 1.13. The molecule has 12 heavy (non-hydrogen) atoms. The first-order valence-electron chi connectivity index (χ1n) is 4.29. The fraction of sp³-hybridized carbons (Fsp3) is 0.400. The van der Waals surface area contributed by atoms with Gasteiger partial charge in [-0.25, -0.2) is 0 Å². The average Bonchev–Trinajstić information content (AvgIpc) is 2.09. The van der Waals surface area contributed by atoms with Crippen LogP contribution in [-0.4, -0.2) is 5.75 Å². The second-order valence-electron chi connectivity index (χ2n) is 2.65. The van der Waals surface area contributed by atoms with Crippen LogP contribution >= 0.6 is 11.8 Å². The fourth-order valence-electron chi connectivity index (χ4n) is 1.14. The molecule has 0 saturated heterocycles. The van der Waals surface area contributed by atoms with Crippen LogP contribution in [0.5, 0.6) is 0 Å². The summed E-state index contributed by atoms with van der Waals surface area (Å²) >= 11 is 1.86. The smallest absolute Gasteiger partial charge is 0.0347 e. The van der Waals surface area contributed by atoms with Crippen molar-refractivity contribution in [2.24, 2.45) is 0 Å². The molecular formula is C10H15NS. The summed E-state index contributed by atoms with van der Waals surface area (Å²) in [7, 11) is 0. The van der Waals surface area contributed by atoms with Crippen LogP contribution < -0.4 is 5.73 Å². The molecular weight excluding hydrogens is 166 g/mol. The molecule has 0 aliphatic heterocycles. The number of benzene rings is 1. The van der Waals surface area contributed by atoms with E-state index in [1.165, 1.54) is 10.5 Å². The molecule has 0 fully saturated rings. The van der Waals surface area contributed by atoms with E-state index in [9.17, 15) is 0 Å². The van der Waals surface area contributed by atoms with E-state index in [-0.39, 0.29) is 0 Å². The van der Waals surface area contributed by atoms with Gasteiger partial charge in [-0.1, -0.05) is 13.8 Å². The Labute approximate surface area is 78.4 Å². The van der Waals surface area contributed by atoms with E-state index in [4.69, 9.17) is 5.73 Å². The normalized spacial score (nSPS) is 10.2. The number of anilines is 1. The van der Waals surface area contributed by atoms with Crippen LogP contribution in [0.3, 0.4) is 0 Å². The van der Waals surface area contributed by atoms with E-state index in [0.717, 1.165) is 17.9 Å². The molecule has 0 amide bonds. The van der Waals surface area contributed by atoms with Gasteiger partial charge in [-0.15, -0.1) is 11.8 Å². The maximum Gasteiger partial charge on any atom is 0.0347 e. The summed E-state index contributed by atoms with van der Waals surface area (Å²) in [6, 6.07) is 6.27. The Morgan fingerprint density at radius 3 is 2.67 bits per heavy atom. The van der Waals surface area contributed by atoms with Crippen molar-refractivity contribution in [1.29, 1.82) is 0 Å². The monoisotopic (exact) mass is 181 g/mol. The standard InChI is InChI=1S/C10H15NS/c1-3-8-7-9(12-4-2)5-6-10(8)11/h5-7H,3-4,11H2,1-2H3. The van der Waals surface area contributed by atoms with Crippen molar-refractivity contribution in [3.05, 3.63) is 23.8 Å². The van der Waals surface area contributed by atoms with Crippen LogP contribution in [0.15, 0.2) is 23.1 Å². The quantitative estimate of drug-likeness (QED) is 0.573. The SMILES string of the molecule is CCSc1ccc(N)c(CC)c1. The van der Waals surface area contributed by atoms with Gasteiger partial charge in [0.2, 0.25) is 0 Å². The number of nitrogens with two attached hydrogens (primary N) is 1. The van der Waals surface area contributed by atoms with Crippen LogP contribution in [0.25, 0.3) is 0 Å². The van der Waals surface area contributed by atoms with Gasteiger partial charge in [0.05, 0.1) is 0 Å². The molecule has 1 rings (SSSR count). The molecule has 1 nitrogen and oxygen atoms in total. The Bertz CT molecular complexity index is 258. The molecule has 0 spiro atoms. The number of nitrogen functional groups attached to an aromatic ring is 1. The van der Waals surface area contributed by atoms with Crippen LogP contribution in [0.4, 0.5) is 5.69 Å².